The highest BCUT2D eigenvalue weighted by Gasteiger charge is 2.35. The van der Waals surface area contributed by atoms with Crippen LogP contribution in [0.15, 0.2) is 48.5 Å². The SMILES string of the molecule is O=C1NCCN(C(=O)c2ccccc2F)C1c1ccc(Cl)cc1. The average molecular weight is 333 g/mol. The summed E-state index contributed by atoms with van der Waals surface area (Å²) in [5, 5.41) is 3.28. The Morgan fingerprint density at radius 3 is 2.57 bits per heavy atom. The highest BCUT2D eigenvalue weighted by atomic mass is 35.5. The van der Waals surface area contributed by atoms with E-state index in [0.29, 0.717) is 23.7 Å². The van der Waals surface area contributed by atoms with E-state index in [2.05, 4.69) is 5.32 Å². The summed E-state index contributed by atoms with van der Waals surface area (Å²) in [5.41, 5.74) is 0.595. The molecule has 1 aliphatic rings. The molecule has 2 amide bonds. The zero-order chi connectivity index (χ0) is 16.4. The van der Waals surface area contributed by atoms with Gasteiger partial charge in [-0.15, -0.1) is 0 Å². The third-order valence-corrected chi connectivity index (χ3v) is 4.01. The minimum absolute atomic E-state index is 0.0406. The molecule has 23 heavy (non-hydrogen) atoms. The number of amides is 2. The molecule has 1 heterocycles. The molecule has 4 nitrogen and oxygen atoms in total. The first-order chi connectivity index (χ1) is 11.1. The summed E-state index contributed by atoms with van der Waals surface area (Å²) >= 11 is 5.87. The lowest BCUT2D eigenvalue weighted by molar-refractivity contribution is -0.128. The van der Waals surface area contributed by atoms with E-state index in [9.17, 15) is 14.0 Å². The van der Waals surface area contributed by atoms with Crippen molar-refractivity contribution in [3.8, 4) is 0 Å². The molecule has 1 N–H and O–H groups in total. The lowest BCUT2D eigenvalue weighted by Crippen LogP contribution is -2.52. The third-order valence-electron chi connectivity index (χ3n) is 3.76. The summed E-state index contributed by atoms with van der Waals surface area (Å²) in [5.74, 6) is -1.39. The molecule has 0 aromatic heterocycles. The number of benzene rings is 2. The van der Waals surface area contributed by atoms with Crippen LogP contribution in [0, 0.1) is 5.82 Å². The van der Waals surface area contributed by atoms with Crippen molar-refractivity contribution in [2.75, 3.05) is 13.1 Å². The van der Waals surface area contributed by atoms with Gasteiger partial charge in [0.15, 0.2) is 0 Å². The molecule has 6 heteroatoms. The van der Waals surface area contributed by atoms with Crippen LogP contribution in [0.1, 0.15) is 22.0 Å². The molecule has 1 fully saturated rings. The van der Waals surface area contributed by atoms with Crippen molar-refractivity contribution in [1.82, 2.24) is 10.2 Å². The fourth-order valence-corrected chi connectivity index (χ4v) is 2.78. The van der Waals surface area contributed by atoms with E-state index in [-0.39, 0.29) is 11.5 Å². The first-order valence-electron chi connectivity index (χ1n) is 7.16. The van der Waals surface area contributed by atoms with E-state index in [1.54, 1.807) is 30.3 Å². The quantitative estimate of drug-likeness (QED) is 0.919. The van der Waals surface area contributed by atoms with Crippen molar-refractivity contribution in [2.45, 2.75) is 6.04 Å². The van der Waals surface area contributed by atoms with Gasteiger partial charge in [0.25, 0.3) is 5.91 Å². The number of hydrogen-bond donors (Lipinski definition) is 1. The van der Waals surface area contributed by atoms with Crippen LogP contribution in [0.25, 0.3) is 0 Å². The van der Waals surface area contributed by atoms with Crippen LogP contribution < -0.4 is 5.32 Å². The van der Waals surface area contributed by atoms with E-state index in [0.717, 1.165) is 0 Å². The van der Waals surface area contributed by atoms with Crippen molar-refractivity contribution >= 4 is 23.4 Å². The summed E-state index contributed by atoms with van der Waals surface area (Å²) in [6, 6.07) is 11.7. The van der Waals surface area contributed by atoms with E-state index < -0.39 is 17.8 Å². The first kappa shape index (κ1) is 15.5. The van der Waals surface area contributed by atoms with Gasteiger partial charge >= 0.3 is 0 Å². The van der Waals surface area contributed by atoms with Crippen LogP contribution in [-0.4, -0.2) is 29.8 Å². The first-order valence-corrected chi connectivity index (χ1v) is 7.54. The van der Waals surface area contributed by atoms with Gasteiger partial charge in [0, 0.05) is 18.1 Å². The van der Waals surface area contributed by atoms with Gasteiger partial charge in [0.05, 0.1) is 5.56 Å². The van der Waals surface area contributed by atoms with Crippen LogP contribution in [-0.2, 0) is 4.79 Å². The maximum atomic E-state index is 13.9. The second-order valence-electron chi connectivity index (χ2n) is 5.22. The molecule has 2 aromatic rings. The van der Waals surface area contributed by atoms with Gasteiger partial charge in [-0.3, -0.25) is 9.59 Å². The standard InChI is InChI=1S/C17H14ClFN2O2/c18-12-7-5-11(6-8-12)15-16(22)20-9-10-21(15)17(23)13-3-1-2-4-14(13)19/h1-8,15H,9-10H2,(H,20,22). The lowest BCUT2D eigenvalue weighted by atomic mass is 10.0. The van der Waals surface area contributed by atoms with Crippen molar-refractivity contribution < 1.29 is 14.0 Å². The van der Waals surface area contributed by atoms with Crippen LogP contribution in [0.4, 0.5) is 4.39 Å². The summed E-state index contributed by atoms with van der Waals surface area (Å²) in [7, 11) is 0. The second kappa shape index (κ2) is 6.38. The normalized spacial score (nSPS) is 17.7. The molecule has 0 bridgehead atoms. The Bertz CT molecular complexity index is 749. The zero-order valence-corrected chi connectivity index (χ0v) is 12.9. The maximum absolute atomic E-state index is 13.9. The monoisotopic (exact) mass is 332 g/mol. The predicted octanol–water partition coefficient (Wildman–Crippen LogP) is 2.79. The number of nitrogens with zero attached hydrogens (tertiary/aromatic N) is 1. The predicted molar refractivity (Wildman–Crippen MR) is 84.6 cm³/mol. The van der Waals surface area contributed by atoms with Crippen molar-refractivity contribution in [3.63, 3.8) is 0 Å². The Hall–Kier alpha value is -2.40. The summed E-state index contributed by atoms with van der Waals surface area (Å²) < 4.78 is 13.9. The number of nitrogens with one attached hydrogen (secondary N) is 1. The Balaban J connectivity index is 1.98. The lowest BCUT2D eigenvalue weighted by Gasteiger charge is -2.35. The van der Waals surface area contributed by atoms with E-state index >= 15 is 0 Å². The number of halogens is 2. The van der Waals surface area contributed by atoms with Gasteiger partial charge < -0.3 is 10.2 Å². The van der Waals surface area contributed by atoms with Gasteiger partial charge in [0.2, 0.25) is 5.91 Å². The molecule has 0 spiro atoms. The van der Waals surface area contributed by atoms with Crippen LogP contribution in [0.5, 0.6) is 0 Å². The number of hydrogen-bond acceptors (Lipinski definition) is 2. The molecule has 0 saturated carbocycles. The summed E-state index contributed by atoms with van der Waals surface area (Å²) in [4.78, 5) is 26.4. The Morgan fingerprint density at radius 2 is 1.87 bits per heavy atom. The molecule has 1 atom stereocenters. The molecule has 118 valence electrons. The second-order valence-corrected chi connectivity index (χ2v) is 5.66. The Morgan fingerprint density at radius 1 is 1.17 bits per heavy atom. The highest BCUT2D eigenvalue weighted by molar-refractivity contribution is 6.30. The molecule has 0 aliphatic carbocycles. The van der Waals surface area contributed by atoms with Crippen molar-refractivity contribution in [2.24, 2.45) is 0 Å². The minimum Gasteiger partial charge on any atom is -0.352 e. The molecular weight excluding hydrogens is 319 g/mol. The smallest absolute Gasteiger partial charge is 0.257 e. The topological polar surface area (TPSA) is 49.4 Å². The van der Waals surface area contributed by atoms with Gasteiger partial charge in [-0.25, -0.2) is 4.39 Å². The molecule has 3 rings (SSSR count). The summed E-state index contributed by atoms with van der Waals surface area (Å²) in [6.45, 7) is 0.648. The molecule has 1 saturated heterocycles. The Kier molecular flexibility index (Phi) is 4.30. The van der Waals surface area contributed by atoms with E-state index in [1.165, 1.54) is 23.1 Å². The maximum Gasteiger partial charge on any atom is 0.257 e. The fraction of sp³-hybridized carbons (Fsp3) is 0.176. The molecular formula is C17H14ClFN2O2. The van der Waals surface area contributed by atoms with Gasteiger partial charge in [0.1, 0.15) is 11.9 Å². The number of carbonyl (C=O) groups excluding carboxylic acids is 2. The van der Waals surface area contributed by atoms with E-state index in [1.807, 2.05) is 0 Å². The van der Waals surface area contributed by atoms with E-state index in [4.69, 9.17) is 11.6 Å². The molecule has 1 unspecified atom stereocenters. The Labute approximate surface area is 137 Å². The number of piperazine rings is 1. The number of carbonyl (C=O) groups is 2. The van der Waals surface area contributed by atoms with Gasteiger partial charge in [-0.05, 0) is 29.8 Å². The van der Waals surface area contributed by atoms with Crippen LogP contribution >= 0.6 is 11.6 Å². The largest absolute Gasteiger partial charge is 0.352 e. The molecule has 2 aromatic carbocycles. The third kappa shape index (κ3) is 3.05. The fourth-order valence-electron chi connectivity index (χ4n) is 2.65. The van der Waals surface area contributed by atoms with Gasteiger partial charge in [-0.1, -0.05) is 35.9 Å². The number of rotatable bonds is 2. The zero-order valence-electron chi connectivity index (χ0n) is 12.1. The van der Waals surface area contributed by atoms with Crippen molar-refractivity contribution in [1.29, 1.82) is 0 Å². The molecule has 0 radical (unpaired) electrons. The molecule has 1 aliphatic heterocycles. The highest BCUT2D eigenvalue weighted by Crippen LogP contribution is 2.26. The summed E-state index contributed by atoms with van der Waals surface area (Å²) in [6.07, 6.45) is 0. The van der Waals surface area contributed by atoms with Crippen LogP contribution in [0.2, 0.25) is 5.02 Å². The van der Waals surface area contributed by atoms with Crippen LogP contribution in [0.3, 0.4) is 0 Å². The average Bonchev–Trinajstić information content (AvgIpc) is 2.55. The van der Waals surface area contributed by atoms with Crippen molar-refractivity contribution in [3.05, 3.63) is 70.5 Å². The minimum atomic E-state index is -0.798. The van der Waals surface area contributed by atoms with Gasteiger partial charge in [-0.2, -0.15) is 0 Å².